The van der Waals surface area contributed by atoms with Gasteiger partial charge in [0.1, 0.15) is 5.82 Å². The van der Waals surface area contributed by atoms with Crippen LogP contribution >= 0.6 is 0 Å². The van der Waals surface area contributed by atoms with Crippen LogP contribution < -0.4 is 11.1 Å². The van der Waals surface area contributed by atoms with E-state index in [0.717, 1.165) is 5.56 Å². The number of halogens is 1. The van der Waals surface area contributed by atoms with Crippen molar-refractivity contribution in [1.29, 1.82) is 0 Å². The minimum atomic E-state index is -0.273. The van der Waals surface area contributed by atoms with Crippen molar-refractivity contribution in [3.8, 4) is 0 Å². The molecule has 0 aliphatic heterocycles. The van der Waals surface area contributed by atoms with E-state index >= 15 is 0 Å². The Morgan fingerprint density at radius 2 is 1.85 bits per heavy atom. The number of nitrogens with one attached hydrogen (secondary N) is 1. The van der Waals surface area contributed by atoms with Crippen LogP contribution in [0.3, 0.4) is 0 Å². The van der Waals surface area contributed by atoms with Crippen molar-refractivity contribution < 1.29 is 9.18 Å². The number of hydrogen-bond acceptors (Lipinski definition) is 2. The SMILES string of the molecule is CC(N)CCC(=O)NC(c1ccc(F)cc1)C(C)(C)C. The predicted molar refractivity (Wildman–Crippen MR) is 79.6 cm³/mol. The van der Waals surface area contributed by atoms with Crippen LogP contribution in [-0.4, -0.2) is 11.9 Å². The Bertz CT molecular complexity index is 435. The smallest absolute Gasteiger partial charge is 0.220 e. The normalized spacial score (nSPS) is 14.7. The Labute approximate surface area is 120 Å². The predicted octanol–water partition coefficient (Wildman–Crippen LogP) is 3.16. The molecule has 0 aromatic heterocycles. The Kier molecular flexibility index (Phi) is 5.69. The third-order valence-corrected chi connectivity index (χ3v) is 3.20. The van der Waals surface area contributed by atoms with E-state index in [4.69, 9.17) is 5.73 Å². The van der Waals surface area contributed by atoms with Crippen molar-refractivity contribution >= 4 is 5.91 Å². The summed E-state index contributed by atoms with van der Waals surface area (Å²) in [4.78, 5) is 12.0. The zero-order valence-corrected chi connectivity index (χ0v) is 12.7. The molecule has 1 aromatic carbocycles. The third kappa shape index (κ3) is 5.29. The van der Waals surface area contributed by atoms with Crippen LogP contribution in [0.4, 0.5) is 4.39 Å². The Hall–Kier alpha value is -1.42. The lowest BCUT2D eigenvalue weighted by atomic mass is 9.82. The number of benzene rings is 1. The van der Waals surface area contributed by atoms with Gasteiger partial charge in [-0.25, -0.2) is 4.39 Å². The number of amides is 1. The van der Waals surface area contributed by atoms with Gasteiger partial charge in [0, 0.05) is 12.5 Å². The minimum absolute atomic E-state index is 0.0136. The van der Waals surface area contributed by atoms with Gasteiger partial charge in [-0.1, -0.05) is 32.9 Å². The lowest BCUT2D eigenvalue weighted by Crippen LogP contribution is -2.37. The average molecular weight is 280 g/mol. The molecular weight excluding hydrogens is 255 g/mol. The van der Waals surface area contributed by atoms with Crippen LogP contribution in [0.2, 0.25) is 0 Å². The molecule has 1 aromatic rings. The third-order valence-electron chi connectivity index (χ3n) is 3.20. The quantitative estimate of drug-likeness (QED) is 0.870. The van der Waals surface area contributed by atoms with Crippen molar-refractivity contribution in [3.63, 3.8) is 0 Å². The molecule has 4 heteroatoms. The highest BCUT2D eigenvalue weighted by Crippen LogP contribution is 2.32. The van der Waals surface area contributed by atoms with Crippen LogP contribution in [0.5, 0.6) is 0 Å². The molecule has 3 N–H and O–H groups in total. The van der Waals surface area contributed by atoms with Gasteiger partial charge in [-0.3, -0.25) is 4.79 Å². The maximum atomic E-state index is 13.0. The van der Waals surface area contributed by atoms with E-state index in [1.807, 2.05) is 27.7 Å². The molecule has 0 bridgehead atoms. The molecule has 0 spiro atoms. The molecule has 0 fully saturated rings. The lowest BCUT2D eigenvalue weighted by Gasteiger charge is -2.32. The Morgan fingerprint density at radius 3 is 2.30 bits per heavy atom. The summed E-state index contributed by atoms with van der Waals surface area (Å²) in [5.74, 6) is -0.295. The zero-order valence-electron chi connectivity index (χ0n) is 12.7. The van der Waals surface area contributed by atoms with Crippen LogP contribution in [0.25, 0.3) is 0 Å². The van der Waals surface area contributed by atoms with Crippen LogP contribution in [-0.2, 0) is 4.79 Å². The molecule has 2 atom stereocenters. The van der Waals surface area contributed by atoms with E-state index in [9.17, 15) is 9.18 Å². The molecule has 1 rings (SSSR count). The summed E-state index contributed by atoms with van der Waals surface area (Å²) in [7, 11) is 0. The summed E-state index contributed by atoms with van der Waals surface area (Å²) >= 11 is 0. The van der Waals surface area contributed by atoms with E-state index < -0.39 is 0 Å². The van der Waals surface area contributed by atoms with Crippen LogP contribution in [0, 0.1) is 11.2 Å². The van der Waals surface area contributed by atoms with Gasteiger partial charge < -0.3 is 11.1 Å². The highest BCUT2D eigenvalue weighted by Gasteiger charge is 2.27. The van der Waals surface area contributed by atoms with E-state index in [-0.39, 0.29) is 29.2 Å². The van der Waals surface area contributed by atoms with Gasteiger partial charge >= 0.3 is 0 Å². The van der Waals surface area contributed by atoms with Crippen molar-refractivity contribution in [2.24, 2.45) is 11.1 Å². The Morgan fingerprint density at radius 1 is 1.30 bits per heavy atom. The molecule has 2 unspecified atom stereocenters. The maximum absolute atomic E-state index is 13.0. The monoisotopic (exact) mass is 280 g/mol. The standard InChI is InChI=1S/C16H25FN2O/c1-11(18)5-10-14(20)19-15(16(2,3)4)12-6-8-13(17)9-7-12/h6-9,11,15H,5,10,18H2,1-4H3,(H,19,20). The second-order valence-electron chi connectivity index (χ2n) is 6.43. The van der Waals surface area contributed by atoms with Gasteiger partial charge in [-0.2, -0.15) is 0 Å². The van der Waals surface area contributed by atoms with Gasteiger partial charge in [-0.05, 0) is 36.5 Å². The summed E-state index contributed by atoms with van der Waals surface area (Å²) < 4.78 is 13.0. The second kappa shape index (κ2) is 6.84. The zero-order chi connectivity index (χ0) is 15.3. The summed E-state index contributed by atoms with van der Waals surface area (Å²) in [6.07, 6.45) is 1.07. The molecule has 1 amide bonds. The summed E-state index contributed by atoms with van der Waals surface area (Å²) in [6.45, 7) is 8.03. The highest BCUT2D eigenvalue weighted by atomic mass is 19.1. The molecule has 3 nitrogen and oxygen atoms in total. The van der Waals surface area contributed by atoms with E-state index in [1.165, 1.54) is 12.1 Å². The number of hydrogen-bond donors (Lipinski definition) is 2. The molecule has 112 valence electrons. The van der Waals surface area contributed by atoms with Crippen LogP contribution in [0.1, 0.15) is 52.1 Å². The Balaban J connectivity index is 2.81. The van der Waals surface area contributed by atoms with E-state index in [0.29, 0.717) is 12.8 Å². The molecular formula is C16H25FN2O. The van der Waals surface area contributed by atoms with Crippen molar-refractivity contribution in [1.82, 2.24) is 5.32 Å². The van der Waals surface area contributed by atoms with Crippen molar-refractivity contribution in [2.75, 3.05) is 0 Å². The number of nitrogens with two attached hydrogens (primary N) is 1. The average Bonchev–Trinajstić information content (AvgIpc) is 2.33. The summed E-state index contributed by atoms with van der Waals surface area (Å²) in [6, 6.07) is 6.14. The first-order valence-corrected chi connectivity index (χ1v) is 7.00. The molecule has 0 aliphatic rings. The fourth-order valence-corrected chi connectivity index (χ4v) is 2.05. The molecule has 0 saturated heterocycles. The molecule has 20 heavy (non-hydrogen) atoms. The largest absolute Gasteiger partial charge is 0.349 e. The fraction of sp³-hybridized carbons (Fsp3) is 0.562. The fourth-order valence-electron chi connectivity index (χ4n) is 2.05. The molecule has 0 aliphatic carbocycles. The van der Waals surface area contributed by atoms with Gasteiger partial charge in [0.05, 0.1) is 6.04 Å². The maximum Gasteiger partial charge on any atom is 0.220 e. The van der Waals surface area contributed by atoms with Crippen molar-refractivity contribution in [2.45, 2.75) is 52.6 Å². The summed E-state index contributed by atoms with van der Waals surface area (Å²) in [5, 5.41) is 3.03. The van der Waals surface area contributed by atoms with Gasteiger partial charge in [0.25, 0.3) is 0 Å². The van der Waals surface area contributed by atoms with Gasteiger partial charge in [-0.15, -0.1) is 0 Å². The first-order valence-electron chi connectivity index (χ1n) is 7.00. The minimum Gasteiger partial charge on any atom is -0.349 e. The van der Waals surface area contributed by atoms with E-state index in [2.05, 4.69) is 5.32 Å². The van der Waals surface area contributed by atoms with Crippen LogP contribution in [0.15, 0.2) is 24.3 Å². The molecule has 0 radical (unpaired) electrons. The second-order valence-corrected chi connectivity index (χ2v) is 6.43. The number of rotatable bonds is 5. The summed E-state index contributed by atoms with van der Waals surface area (Å²) in [5.41, 5.74) is 6.42. The molecule has 0 heterocycles. The topological polar surface area (TPSA) is 55.1 Å². The van der Waals surface area contributed by atoms with Gasteiger partial charge in [0.15, 0.2) is 0 Å². The first kappa shape index (κ1) is 16.6. The highest BCUT2D eigenvalue weighted by molar-refractivity contribution is 5.76. The lowest BCUT2D eigenvalue weighted by molar-refractivity contribution is -0.122. The molecule has 0 saturated carbocycles. The number of carbonyl (C=O) groups excluding carboxylic acids is 1. The van der Waals surface area contributed by atoms with Crippen molar-refractivity contribution in [3.05, 3.63) is 35.6 Å². The van der Waals surface area contributed by atoms with E-state index in [1.54, 1.807) is 12.1 Å². The number of carbonyl (C=O) groups is 1. The first-order chi connectivity index (χ1) is 9.20. The van der Waals surface area contributed by atoms with Gasteiger partial charge in [0.2, 0.25) is 5.91 Å².